The van der Waals surface area contributed by atoms with Crippen molar-refractivity contribution in [2.45, 2.75) is 11.8 Å². The van der Waals surface area contributed by atoms with Crippen LogP contribution in [0, 0.1) is 6.92 Å². The summed E-state index contributed by atoms with van der Waals surface area (Å²) in [5, 5.41) is 0.0346. The highest BCUT2D eigenvalue weighted by Crippen LogP contribution is 2.30. The smallest absolute Gasteiger partial charge is 0.263 e. The zero-order valence-corrected chi connectivity index (χ0v) is 13.6. The molecule has 1 aromatic heterocycles. The van der Waals surface area contributed by atoms with Crippen molar-refractivity contribution in [3.63, 3.8) is 0 Å². The Morgan fingerprint density at radius 3 is 2.52 bits per heavy atom. The zero-order chi connectivity index (χ0) is 15.8. The predicted octanol–water partition coefficient (Wildman–Crippen LogP) is 3.13. The molecular weight excluding hydrogens is 359 g/mol. The lowest BCUT2D eigenvalue weighted by Gasteiger charge is -2.12. The molecule has 3 N–H and O–H groups in total. The summed E-state index contributed by atoms with van der Waals surface area (Å²) in [6.07, 6.45) is 1.09. The molecule has 0 amide bonds. The molecule has 0 aliphatic heterocycles. The van der Waals surface area contributed by atoms with Crippen molar-refractivity contribution < 1.29 is 8.42 Å². The number of anilines is 2. The molecule has 0 aliphatic carbocycles. The van der Waals surface area contributed by atoms with Gasteiger partial charge in [0.15, 0.2) is 11.0 Å². The number of sulfonamides is 1. The highest BCUT2D eigenvalue weighted by atomic mass is 35.5. The monoisotopic (exact) mass is 366 g/mol. The number of hydrogen-bond donors (Lipinski definition) is 2. The summed E-state index contributed by atoms with van der Waals surface area (Å²) in [5.74, 6) is -0.130. The Labute approximate surface area is 136 Å². The van der Waals surface area contributed by atoms with Crippen molar-refractivity contribution in [2.24, 2.45) is 0 Å². The summed E-state index contributed by atoms with van der Waals surface area (Å²) in [7, 11) is -3.98. The van der Waals surface area contributed by atoms with Crippen LogP contribution in [0.2, 0.25) is 15.2 Å². The van der Waals surface area contributed by atoms with Crippen LogP contribution in [-0.4, -0.2) is 18.4 Å². The molecule has 0 bridgehead atoms. The molecule has 0 atom stereocenters. The summed E-state index contributed by atoms with van der Waals surface area (Å²) in [5.41, 5.74) is 6.34. The number of aromatic nitrogens is 2. The first-order valence-corrected chi connectivity index (χ1v) is 8.08. The molecule has 2 aromatic rings. The number of nitrogens with two attached hydrogens (primary N) is 1. The van der Waals surface area contributed by atoms with E-state index in [9.17, 15) is 8.42 Å². The summed E-state index contributed by atoms with van der Waals surface area (Å²) >= 11 is 17.4. The second-order valence-electron chi connectivity index (χ2n) is 4.05. The van der Waals surface area contributed by atoms with E-state index in [1.165, 1.54) is 12.1 Å². The van der Waals surface area contributed by atoms with Crippen LogP contribution in [0.1, 0.15) is 5.56 Å². The lowest BCUT2D eigenvalue weighted by Crippen LogP contribution is -2.16. The molecule has 21 heavy (non-hydrogen) atoms. The Morgan fingerprint density at radius 2 is 1.86 bits per heavy atom. The number of nitrogens with one attached hydrogen (secondary N) is 1. The number of halogens is 3. The Kier molecular flexibility index (Phi) is 4.48. The Balaban J connectivity index is 2.51. The SMILES string of the molecule is Cc1c(N)cc(Cl)cc1S(=O)(=O)Nc1ncnc(Cl)c1Cl. The molecule has 0 unspecified atom stereocenters. The number of rotatable bonds is 3. The van der Waals surface area contributed by atoms with Crippen molar-refractivity contribution in [2.75, 3.05) is 10.5 Å². The zero-order valence-electron chi connectivity index (χ0n) is 10.6. The van der Waals surface area contributed by atoms with Gasteiger partial charge >= 0.3 is 0 Å². The van der Waals surface area contributed by atoms with Crippen molar-refractivity contribution in [1.82, 2.24) is 9.97 Å². The third kappa shape index (κ3) is 3.32. The highest BCUT2D eigenvalue weighted by molar-refractivity contribution is 7.92. The second kappa shape index (κ2) is 5.84. The van der Waals surface area contributed by atoms with E-state index in [1.807, 2.05) is 0 Å². The molecule has 0 aliphatic rings. The van der Waals surface area contributed by atoms with Gasteiger partial charge in [-0.2, -0.15) is 0 Å². The Bertz CT molecular complexity index is 811. The van der Waals surface area contributed by atoms with Crippen LogP contribution in [0.25, 0.3) is 0 Å². The summed E-state index contributed by atoms with van der Waals surface area (Å²) in [4.78, 5) is 7.31. The van der Waals surface area contributed by atoms with Gasteiger partial charge < -0.3 is 5.73 Å². The molecule has 112 valence electrons. The van der Waals surface area contributed by atoms with Crippen LogP contribution in [0.15, 0.2) is 23.4 Å². The van der Waals surface area contributed by atoms with Gasteiger partial charge in [-0.15, -0.1) is 0 Å². The largest absolute Gasteiger partial charge is 0.398 e. The minimum atomic E-state index is -3.98. The average molecular weight is 368 g/mol. The number of hydrogen-bond acceptors (Lipinski definition) is 5. The maximum atomic E-state index is 12.4. The number of nitrogens with zero attached hydrogens (tertiary/aromatic N) is 2. The first kappa shape index (κ1) is 16.1. The quantitative estimate of drug-likeness (QED) is 0.641. The van der Waals surface area contributed by atoms with Crippen molar-refractivity contribution in [3.8, 4) is 0 Å². The summed E-state index contributed by atoms with van der Waals surface area (Å²) in [6, 6.07) is 2.75. The minimum absolute atomic E-state index is 0.0632. The summed E-state index contributed by atoms with van der Waals surface area (Å²) < 4.78 is 27.0. The van der Waals surface area contributed by atoms with Crippen LogP contribution in [-0.2, 0) is 10.0 Å². The van der Waals surface area contributed by atoms with Gasteiger partial charge in [0.25, 0.3) is 10.0 Å². The number of nitrogen functional groups attached to an aromatic ring is 1. The standard InChI is InChI=1S/C11H9Cl3N4O2S/c1-5-7(15)2-6(12)3-8(5)21(19,20)18-11-9(13)10(14)16-4-17-11/h2-4H,15H2,1H3,(H,16,17,18). The third-order valence-electron chi connectivity index (χ3n) is 2.63. The molecule has 0 saturated carbocycles. The van der Waals surface area contributed by atoms with E-state index < -0.39 is 10.0 Å². The van der Waals surface area contributed by atoms with Crippen LogP contribution in [0.5, 0.6) is 0 Å². The Morgan fingerprint density at radius 1 is 1.19 bits per heavy atom. The molecule has 0 spiro atoms. The van der Waals surface area contributed by atoms with E-state index in [0.717, 1.165) is 6.33 Å². The van der Waals surface area contributed by atoms with Gasteiger partial charge in [0.2, 0.25) is 0 Å². The predicted molar refractivity (Wildman–Crippen MR) is 83.5 cm³/mol. The van der Waals surface area contributed by atoms with Crippen LogP contribution in [0.3, 0.4) is 0 Å². The van der Waals surface area contributed by atoms with Gasteiger partial charge in [-0.3, -0.25) is 4.72 Å². The number of benzene rings is 1. The van der Waals surface area contributed by atoms with E-state index in [0.29, 0.717) is 5.56 Å². The molecule has 1 heterocycles. The van der Waals surface area contributed by atoms with Crippen LogP contribution in [0.4, 0.5) is 11.5 Å². The molecule has 6 nitrogen and oxygen atoms in total. The normalized spacial score (nSPS) is 11.4. The Hall–Kier alpha value is -1.28. The van der Waals surface area contributed by atoms with E-state index in [4.69, 9.17) is 40.5 Å². The fraction of sp³-hybridized carbons (Fsp3) is 0.0909. The van der Waals surface area contributed by atoms with Crippen LogP contribution < -0.4 is 10.5 Å². The maximum Gasteiger partial charge on any atom is 0.263 e. The molecular formula is C11H9Cl3N4O2S. The van der Waals surface area contributed by atoms with Gasteiger partial charge in [-0.1, -0.05) is 34.8 Å². The first-order valence-electron chi connectivity index (χ1n) is 5.47. The van der Waals surface area contributed by atoms with Gasteiger partial charge in [0, 0.05) is 10.7 Å². The van der Waals surface area contributed by atoms with Gasteiger partial charge in [0.05, 0.1) is 4.90 Å². The molecule has 1 aromatic carbocycles. The van der Waals surface area contributed by atoms with Crippen molar-refractivity contribution in [3.05, 3.63) is 39.2 Å². The maximum absolute atomic E-state index is 12.4. The minimum Gasteiger partial charge on any atom is -0.398 e. The topological polar surface area (TPSA) is 98.0 Å². The average Bonchev–Trinajstić information content (AvgIpc) is 2.39. The summed E-state index contributed by atoms with van der Waals surface area (Å²) in [6.45, 7) is 1.56. The van der Waals surface area contributed by atoms with E-state index >= 15 is 0 Å². The van der Waals surface area contributed by atoms with Crippen molar-refractivity contribution >= 4 is 56.3 Å². The molecule has 2 rings (SSSR count). The van der Waals surface area contributed by atoms with Gasteiger partial charge in [-0.05, 0) is 24.6 Å². The third-order valence-corrected chi connectivity index (χ3v) is 5.06. The molecule has 10 heteroatoms. The lowest BCUT2D eigenvalue weighted by molar-refractivity contribution is 0.600. The highest BCUT2D eigenvalue weighted by Gasteiger charge is 2.21. The van der Waals surface area contributed by atoms with E-state index in [2.05, 4.69) is 14.7 Å². The van der Waals surface area contributed by atoms with Gasteiger partial charge in [0.1, 0.15) is 11.3 Å². The molecule has 0 saturated heterocycles. The van der Waals surface area contributed by atoms with E-state index in [1.54, 1.807) is 6.92 Å². The van der Waals surface area contributed by atoms with Crippen LogP contribution >= 0.6 is 34.8 Å². The fourth-order valence-corrected chi connectivity index (χ4v) is 3.50. The second-order valence-corrected chi connectivity index (χ2v) is 6.87. The first-order chi connectivity index (χ1) is 9.72. The lowest BCUT2D eigenvalue weighted by atomic mass is 10.2. The van der Waals surface area contributed by atoms with E-state index in [-0.39, 0.29) is 31.6 Å². The molecule has 0 fully saturated rings. The van der Waals surface area contributed by atoms with Crippen molar-refractivity contribution in [1.29, 1.82) is 0 Å². The van der Waals surface area contributed by atoms with Gasteiger partial charge in [-0.25, -0.2) is 18.4 Å². The molecule has 0 radical (unpaired) electrons. The fourth-order valence-electron chi connectivity index (χ4n) is 1.56.